The van der Waals surface area contributed by atoms with Gasteiger partial charge in [0.2, 0.25) is 15.9 Å². The summed E-state index contributed by atoms with van der Waals surface area (Å²) in [5.41, 5.74) is -0.469. The quantitative estimate of drug-likeness (QED) is 0.805. The number of carbonyl (C=O) groups excluding carboxylic acids is 1. The third kappa shape index (κ3) is 4.50. The molecule has 0 aliphatic carbocycles. The zero-order chi connectivity index (χ0) is 16.2. The number of aromatic carboxylic acids is 1. The number of halogens is 1. The molecule has 9 heteroatoms. The number of carboxylic acid groups (broad SMARTS) is 1. The second-order valence-corrected chi connectivity index (χ2v) is 6.57. The summed E-state index contributed by atoms with van der Waals surface area (Å²) in [4.78, 5) is 22.3. The van der Waals surface area contributed by atoms with E-state index in [9.17, 15) is 22.4 Å². The molecule has 0 atom stereocenters. The Morgan fingerprint density at radius 2 is 2.00 bits per heavy atom. The highest BCUT2D eigenvalue weighted by atomic mass is 32.2. The molecular weight excluding hydrogens is 303 g/mol. The van der Waals surface area contributed by atoms with Gasteiger partial charge in [-0.1, -0.05) is 0 Å². The summed E-state index contributed by atoms with van der Waals surface area (Å²) in [6, 6.07) is 3.00. The second-order valence-electron chi connectivity index (χ2n) is 4.20. The largest absolute Gasteiger partial charge is 0.478 e. The molecule has 21 heavy (non-hydrogen) atoms. The van der Waals surface area contributed by atoms with Gasteiger partial charge in [-0.3, -0.25) is 4.79 Å². The van der Waals surface area contributed by atoms with Gasteiger partial charge in [-0.05, 0) is 25.1 Å². The Balaban J connectivity index is 2.78. The molecule has 0 aromatic heterocycles. The molecule has 7 nitrogen and oxygen atoms in total. The van der Waals surface area contributed by atoms with Crippen LogP contribution >= 0.6 is 0 Å². The second kappa shape index (κ2) is 6.64. The van der Waals surface area contributed by atoms with Crippen LogP contribution in [-0.4, -0.2) is 49.1 Å². The lowest BCUT2D eigenvalue weighted by Gasteiger charge is -2.15. The maximum atomic E-state index is 13.6. The van der Waals surface area contributed by atoms with Crippen molar-refractivity contribution in [3.05, 3.63) is 29.6 Å². The molecule has 2 N–H and O–H groups in total. The van der Waals surface area contributed by atoms with Crippen molar-refractivity contribution in [1.82, 2.24) is 4.31 Å². The monoisotopic (exact) mass is 318 g/mol. The summed E-state index contributed by atoms with van der Waals surface area (Å²) in [5, 5.41) is 10.9. The number of carboxylic acids is 1. The van der Waals surface area contributed by atoms with Crippen LogP contribution in [0.5, 0.6) is 0 Å². The number of hydrogen-bond acceptors (Lipinski definition) is 4. The van der Waals surface area contributed by atoms with Gasteiger partial charge < -0.3 is 10.4 Å². The summed E-state index contributed by atoms with van der Waals surface area (Å²) >= 11 is 0. The number of anilines is 1. The standard InChI is InChI=1S/C12H15FN2O5S/c1-3-21(19,20)15(2)7-11(16)14-10-5-4-8(12(17)18)6-9(10)13/h4-6H,3,7H2,1-2H3,(H,14,16)(H,17,18). The van der Waals surface area contributed by atoms with Crippen molar-refractivity contribution in [2.45, 2.75) is 6.92 Å². The molecule has 0 unspecified atom stereocenters. The number of nitrogens with zero attached hydrogens (tertiary/aromatic N) is 1. The molecule has 1 aromatic carbocycles. The van der Waals surface area contributed by atoms with E-state index in [1.165, 1.54) is 14.0 Å². The summed E-state index contributed by atoms with van der Waals surface area (Å²) in [6.45, 7) is 0.977. The van der Waals surface area contributed by atoms with E-state index in [0.29, 0.717) is 0 Å². The number of carbonyl (C=O) groups is 2. The summed E-state index contributed by atoms with van der Waals surface area (Å²) in [5.74, 6) is -3.08. The van der Waals surface area contributed by atoms with E-state index in [0.717, 1.165) is 22.5 Å². The number of amides is 1. The molecule has 0 radical (unpaired) electrons. The highest BCUT2D eigenvalue weighted by Gasteiger charge is 2.19. The average molecular weight is 318 g/mol. The maximum Gasteiger partial charge on any atom is 0.335 e. The lowest BCUT2D eigenvalue weighted by atomic mass is 10.2. The molecule has 1 aromatic rings. The number of sulfonamides is 1. The van der Waals surface area contributed by atoms with Gasteiger partial charge in [0.05, 0.1) is 23.5 Å². The number of nitrogens with one attached hydrogen (secondary N) is 1. The van der Waals surface area contributed by atoms with E-state index in [-0.39, 0.29) is 17.0 Å². The van der Waals surface area contributed by atoms with Crippen molar-refractivity contribution in [3.63, 3.8) is 0 Å². The lowest BCUT2D eigenvalue weighted by molar-refractivity contribution is -0.116. The van der Waals surface area contributed by atoms with Gasteiger partial charge in [0.25, 0.3) is 0 Å². The predicted molar refractivity (Wildman–Crippen MR) is 74.1 cm³/mol. The zero-order valence-electron chi connectivity index (χ0n) is 11.5. The Hall–Kier alpha value is -2.00. The minimum absolute atomic E-state index is 0.154. The average Bonchev–Trinajstić information content (AvgIpc) is 2.40. The SMILES string of the molecule is CCS(=O)(=O)N(C)CC(=O)Nc1ccc(C(=O)O)cc1F. The van der Waals surface area contributed by atoms with Crippen LogP contribution in [0.3, 0.4) is 0 Å². The van der Waals surface area contributed by atoms with Crippen LogP contribution in [0.2, 0.25) is 0 Å². The number of benzene rings is 1. The third-order valence-electron chi connectivity index (χ3n) is 2.70. The van der Waals surface area contributed by atoms with E-state index >= 15 is 0 Å². The first-order chi connectivity index (χ1) is 9.67. The van der Waals surface area contributed by atoms with Crippen LogP contribution < -0.4 is 5.32 Å². The smallest absolute Gasteiger partial charge is 0.335 e. The number of rotatable bonds is 6. The topological polar surface area (TPSA) is 104 Å². The highest BCUT2D eigenvalue weighted by molar-refractivity contribution is 7.89. The van der Waals surface area contributed by atoms with Gasteiger partial charge in [0, 0.05) is 7.05 Å². The van der Waals surface area contributed by atoms with E-state index in [2.05, 4.69) is 5.32 Å². The van der Waals surface area contributed by atoms with E-state index < -0.39 is 34.3 Å². The van der Waals surface area contributed by atoms with Gasteiger partial charge >= 0.3 is 5.97 Å². The minimum Gasteiger partial charge on any atom is -0.478 e. The van der Waals surface area contributed by atoms with Gasteiger partial charge in [-0.25, -0.2) is 17.6 Å². The molecular formula is C12H15FN2O5S. The molecule has 0 saturated carbocycles. The van der Waals surface area contributed by atoms with Crippen LogP contribution in [0.25, 0.3) is 0 Å². The van der Waals surface area contributed by atoms with E-state index in [1.807, 2.05) is 0 Å². The molecule has 0 aliphatic rings. The molecule has 1 rings (SSSR count). The first-order valence-corrected chi connectivity index (χ1v) is 7.55. The van der Waals surface area contributed by atoms with Gasteiger partial charge in [0.15, 0.2) is 0 Å². The van der Waals surface area contributed by atoms with Gasteiger partial charge in [0.1, 0.15) is 5.82 Å². The van der Waals surface area contributed by atoms with Crippen LogP contribution in [0, 0.1) is 5.82 Å². The molecule has 0 bridgehead atoms. The molecule has 0 heterocycles. The highest BCUT2D eigenvalue weighted by Crippen LogP contribution is 2.16. The summed E-state index contributed by atoms with van der Waals surface area (Å²) in [6.07, 6.45) is 0. The Kier molecular flexibility index (Phi) is 5.39. The van der Waals surface area contributed by atoms with Crippen molar-refractivity contribution in [2.24, 2.45) is 0 Å². The summed E-state index contributed by atoms with van der Waals surface area (Å²) in [7, 11) is -2.27. The van der Waals surface area contributed by atoms with Gasteiger partial charge in [-0.2, -0.15) is 4.31 Å². The fourth-order valence-corrected chi connectivity index (χ4v) is 2.21. The Labute approximate surface area is 121 Å². The molecule has 0 spiro atoms. The summed E-state index contributed by atoms with van der Waals surface area (Å²) < 4.78 is 37.4. The lowest BCUT2D eigenvalue weighted by Crippen LogP contribution is -2.35. The van der Waals surface area contributed by atoms with Crippen LogP contribution in [0.1, 0.15) is 17.3 Å². The van der Waals surface area contributed by atoms with Crippen molar-refractivity contribution < 1.29 is 27.5 Å². The zero-order valence-corrected chi connectivity index (χ0v) is 12.3. The predicted octanol–water partition coefficient (Wildman–Crippen LogP) is 0.744. The van der Waals surface area contributed by atoms with Crippen LogP contribution in [0.15, 0.2) is 18.2 Å². The first kappa shape index (κ1) is 17.1. The normalized spacial score (nSPS) is 11.4. The van der Waals surface area contributed by atoms with Crippen molar-refractivity contribution in [3.8, 4) is 0 Å². The third-order valence-corrected chi connectivity index (χ3v) is 4.50. The molecule has 0 saturated heterocycles. The van der Waals surface area contributed by atoms with Crippen molar-refractivity contribution >= 4 is 27.6 Å². The maximum absolute atomic E-state index is 13.6. The Morgan fingerprint density at radius 1 is 1.38 bits per heavy atom. The number of hydrogen-bond donors (Lipinski definition) is 2. The molecule has 116 valence electrons. The van der Waals surface area contributed by atoms with E-state index in [4.69, 9.17) is 5.11 Å². The fourth-order valence-electron chi connectivity index (χ4n) is 1.46. The molecule has 0 aliphatic heterocycles. The Morgan fingerprint density at radius 3 is 2.48 bits per heavy atom. The van der Waals surface area contributed by atoms with Crippen LogP contribution in [0.4, 0.5) is 10.1 Å². The first-order valence-electron chi connectivity index (χ1n) is 5.94. The Bertz CT molecular complexity index is 660. The van der Waals surface area contributed by atoms with Crippen molar-refractivity contribution in [2.75, 3.05) is 24.7 Å². The van der Waals surface area contributed by atoms with Crippen molar-refractivity contribution in [1.29, 1.82) is 0 Å². The van der Waals surface area contributed by atoms with Gasteiger partial charge in [-0.15, -0.1) is 0 Å². The molecule has 1 amide bonds. The van der Waals surface area contributed by atoms with E-state index in [1.54, 1.807) is 0 Å². The van der Waals surface area contributed by atoms with Crippen LogP contribution in [-0.2, 0) is 14.8 Å². The molecule has 0 fully saturated rings. The fraction of sp³-hybridized carbons (Fsp3) is 0.333. The minimum atomic E-state index is -3.51. The number of likely N-dealkylation sites (N-methyl/N-ethyl adjacent to an activating group) is 1.